The van der Waals surface area contributed by atoms with Gasteiger partial charge in [0.15, 0.2) is 0 Å². The first-order valence-corrected chi connectivity index (χ1v) is 11.3. The lowest BCUT2D eigenvalue weighted by atomic mass is 10.0. The molecular weight excluding hydrogens is 436 g/mol. The molecule has 2 rings (SSSR count). The van der Waals surface area contributed by atoms with Crippen LogP contribution in [0.1, 0.15) is 38.8 Å². The molecule has 4 atom stereocenters. The maximum atomic E-state index is 13.0. The molecule has 0 bridgehead atoms. The van der Waals surface area contributed by atoms with Crippen molar-refractivity contribution in [1.29, 1.82) is 0 Å². The molecule has 3 amide bonds. The average molecular weight is 469 g/mol. The molecule has 0 saturated carbocycles. The number of carboxylic acid groups (broad SMARTS) is 1. The van der Waals surface area contributed by atoms with Gasteiger partial charge in [-0.15, -0.1) is 0 Å². The number of carboxylic acids is 1. The van der Waals surface area contributed by atoms with Gasteiger partial charge in [-0.05, 0) is 31.7 Å². The molecule has 0 spiro atoms. The second-order valence-electron chi connectivity index (χ2n) is 8.26. The molecule has 1 aliphatic rings. The first-order chi connectivity index (χ1) is 15.2. The maximum absolute atomic E-state index is 13.0. The van der Waals surface area contributed by atoms with Crippen LogP contribution in [-0.4, -0.2) is 75.2 Å². The number of aromatic nitrogens is 2. The lowest BCUT2D eigenvalue weighted by molar-refractivity contribution is -0.142. The third kappa shape index (κ3) is 7.83. The number of H-pyrrole nitrogens is 1. The summed E-state index contributed by atoms with van der Waals surface area (Å²) in [6.07, 6.45) is 4.97. The zero-order chi connectivity index (χ0) is 23.7. The standard InChI is InChI=1S/C20H32N6O5S/c1-11(2)6-15(20(30)31)25-19(29)16(9-32)26-18(28)14(7-12-8-21-10-23-12)24-17(27)13-4-3-5-22-13/h8,10-11,13-16,22,32H,3-7,9H2,1-2H3,(H,21,23)(H,24,27)(H,25,29)(H,26,28)(H,30,31). The molecule has 1 aromatic rings. The summed E-state index contributed by atoms with van der Waals surface area (Å²) in [5.74, 6) is -2.65. The van der Waals surface area contributed by atoms with E-state index in [9.17, 15) is 24.3 Å². The van der Waals surface area contributed by atoms with Gasteiger partial charge in [-0.3, -0.25) is 14.4 Å². The van der Waals surface area contributed by atoms with Gasteiger partial charge in [0.2, 0.25) is 17.7 Å². The predicted octanol–water partition coefficient (Wildman–Crippen LogP) is -0.781. The van der Waals surface area contributed by atoms with Gasteiger partial charge in [-0.25, -0.2) is 9.78 Å². The number of thiol groups is 1. The number of rotatable bonds is 12. The molecule has 12 heteroatoms. The van der Waals surface area contributed by atoms with E-state index in [1.165, 1.54) is 6.33 Å². The monoisotopic (exact) mass is 468 g/mol. The van der Waals surface area contributed by atoms with Crippen molar-refractivity contribution >= 4 is 36.3 Å². The number of nitrogens with zero attached hydrogens (tertiary/aromatic N) is 1. The van der Waals surface area contributed by atoms with Gasteiger partial charge in [-0.1, -0.05) is 13.8 Å². The van der Waals surface area contributed by atoms with Gasteiger partial charge in [0.25, 0.3) is 0 Å². The zero-order valence-electron chi connectivity index (χ0n) is 18.3. The predicted molar refractivity (Wildman–Crippen MR) is 120 cm³/mol. The van der Waals surface area contributed by atoms with E-state index in [0.717, 1.165) is 13.0 Å². The third-order valence-corrected chi connectivity index (χ3v) is 5.49. The highest BCUT2D eigenvalue weighted by Gasteiger charge is 2.31. The largest absolute Gasteiger partial charge is 0.480 e. The second-order valence-corrected chi connectivity index (χ2v) is 8.63. The number of aliphatic carboxylic acids is 1. The minimum atomic E-state index is -1.15. The molecule has 32 heavy (non-hydrogen) atoms. The quantitative estimate of drug-likeness (QED) is 0.198. The number of imidazole rings is 1. The van der Waals surface area contributed by atoms with E-state index in [1.807, 2.05) is 13.8 Å². The summed E-state index contributed by atoms with van der Waals surface area (Å²) in [6, 6.07) is -3.46. The van der Waals surface area contributed by atoms with Crippen LogP contribution in [0.5, 0.6) is 0 Å². The third-order valence-electron chi connectivity index (χ3n) is 5.13. The summed E-state index contributed by atoms with van der Waals surface area (Å²) in [6.45, 7) is 4.43. The van der Waals surface area contributed by atoms with E-state index in [0.29, 0.717) is 12.1 Å². The van der Waals surface area contributed by atoms with Crippen LogP contribution in [0, 0.1) is 5.92 Å². The van der Waals surface area contributed by atoms with Crippen LogP contribution in [0.15, 0.2) is 12.5 Å². The van der Waals surface area contributed by atoms with Crippen molar-refractivity contribution in [3.63, 3.8) is 0 Å². The summed E-state index contributed by atoms with van der Waals surface area (Å²) in [5, 5.41) is 20.2. The number of hydrogen-bond donors (Lipinski definition) is 7. The first kappa shape index (κ1) is 25.7. The SMILES string of the molecule is CC(C)CC(NC(=O)C(CS)NC(=O)C(Cc1cnc[nH]1)NC(=O)C1CCCN1)C(=O)O. The Morgan fingerprint density at radius 3 is 2.38 bits per heavy atom. The van der Waals surface area contributed by atoms with Gasteiger partial charge in [0.1, 0.15) is 18.1 Å². The van der Waals surface area contributed by atoms with Gasteiger partial charge in [-0.2, -0.15) is 12.6 Å². The zero-order valence-corrected chi connectivity index (χ0v) is 19.2. The molecule has 0 aliphatic carbocycles. The van der Waals surface area contributed by atoms with Crippen molar-refractivity contribution < 1.29 is 24.3 Å². The number of nitrogens with one attached hydrogen (secondary N) is 5. The van der Waals surface area contributed by atoms with Crippen molar-refractivity contribution in [2.45, 2.75) is 63.7 Å². The summed E-state index contributed by atoms with van der Waals surface area (Å²) >= 11 is 4.14. The number of aromatic amines is 1. The molecule has 1 fully saturated rings. The Bertz CT molecular complexity index is 781. The van der Waals surface area contributed by atoms with Gasteiger partial charge < -0.3 is 31.4 Å². The molecule has 0 aromatic carbocycles. The Balaban J connectivity index is 2.06. The van der Waals surface area contributed by atoms with E-state index in [4.69, 9.17) is 0 Å². The molecule has 1 aromatic heterocycles. The van der Waals surface area contributed by atoms with Crippen LogP contribution in [0.4, 0.5) is 0 Å². The Labute approximate surface area is 192 Å². The number of carbonyl (C=O) groups excluding carboxylic acids is 3. The minimum absolute atomic E-state index is 0.0412. The van der Waals surface area contributed by atoms with Crippen LogP contribution >= 0.6 is 12.6 Å². The summed E-state index contributed by atoms with van der Waals surface area (Å²) < 4.78 is 0. The summed E-state index contributed by atoms with van der Waals surface area (Å²) in [4.78, 5) is 56.4. The van der Waals surface area contributed by atoms with Crippen LogP contribution in [-0.2, 0) is 25.6 Å². The lowest BCUT2D eigenvalue weighted by Crippen LogP contribution is -2.58. The normalized spacial score (nSPS) is 18.6. The molecule has 4 unspecified atom stereocenters. The maximum Gasteiger partial charge on any atom is 0.326 e. The highest BCUT2D eigenvalue weighted by atomic mass is 32.1. The summed E-state index contributed by atoms with van der Waals surface area (Å²) in [5.41, 5.74) is 0.639. The fourth-order valence-electron chi connectivity index (χ4n) is 3.44. The van der Waals surface area contributed by atoms with Crippen LogP contribution < -0.4 is 21.3 Å². The molecule has 11 nitrogen and oxygen atoms in total. The number of carbonyl (C=O) groups is 4. The van der Waals surface area contributed by atoms with Crippen molar-refractivity contribution in [3.05, 3.63) is 18.2 Å². The van der Waals surface area contributed by atoms with Crippen LogP contribution in [0.2, 0.25) is 0 Å². The highest BCUT2D eigenvalue weighted by Crippen LogP contribution is 2.08. The molecule has 1 aliphatic heterocycles. The minimum Gasteiger partial charge on any atom is -0.480 e. The van der Waals surface area contributed by atoms with Crippen LogP contribution in [0.3, 0.4) is 0 Å². The van der Waals surface area contributed by atoms with E-state index < -0.39 is 35.9 Å². The molecule has 0 radical (unpaired) electrons. The Morgan fingerprint density at radius 2 is 1.84 bits per heavy atom. The second kappa shape index (κ2) is 12.4. The Hall–Kier alpha value is -2.60. The van der Waals surface area contributed by atoms with Crippen molar-refractivity contribution in [2.24, 2.45) is 5.92 Å². The van der Waals surface area contributed by atoms with E-state index >= 15 is 0 Å². The van der Waals surface area contributed by atoms with Gasteiger partial charge >= 0.3 is 5.97 Å². The fraction of sp³-hybridized carbons (Fsp3) is 0.650. The number of amides is 3. The molecule has 1 saturated heterocycles. The molecular formula is C20H32N6O5S. The van der Waals surface area contributed by atoms with E-state index in [1.54, 1.807) is 6.20 Å². The Morgan fingerprint density at radius 1 is 1.16 bits per heavy atom. The summed E-state index contributed by atoms with van der Waals surface area (Å²) in [7, 11) is 0. The fourth-order valence-corrected chi connectivity index (χ4v) is 3.69. The van der Waals surface area contributed by atoms with Gasteiger partial charge in [0, 0.05) is 24.1 Å². The molecule has 6 N–H and O–H groups in total. The molecule has 178 valence electrons. The van der Waals surface area contributed by atoms with Crippen molar-refractivity contribution in [1.82, 2.24) is 31.2 Å². The topological polar surface area (TPSA) is 165 Å². The van der Waals surface area contributed by atoms with Crippen molar-refractivity contribution in [3.8, 4) is 0 Å². The number of hydrogen-bond acceptors (Lipinski definition) is 7. The Kier molecular flexibility index (Phi) is 9.97. The van der Waals surface area contributed by atoms with E-state index in [-0.39, 0.29) is 36.5 Å². The van der Waals surface area contributed by atoms with Gasteiger partial charge in [0.05, 0.1) is 12.4 Å². The van der Waals surface area contributed by atoms with Crippen LogP contribution in [0.25, 0.3) is 0 Å². The average Bonchev–Trinajstić information content (AvgIpc) is 3.44. The smallest absolute Gasteiger partial charge is 0.326 e. The lowest BCUT2D eigenvalue weighted by Gasteiger charge is -2.24. The van der Waals surface area contributed by atoms with E-state index in [2.05, 4.69) is 43.9 Å². The molecule has 2 heterocycles. The van der Waals surface area contributed by atoms with Crippen molar-refractivity contribution in [2.75, 3.05) is 12.3 Å². The highest BCUT2D eigenvalue weighted by molar-refractivity contribution is 7.80. The first-order valence-electron chi connectivity index (χ1n) is 10.7.